The first kappa shape index (κ1) is 16.1. The van der Waals surface area contributed by atoms with Crippen molar-refractivity contribution in [3.63, 3.8) is 0 Å². The lowest BCUT2D eigenvalue weighted by atomic mass is 9.98. The second-order valence-corrected chi connectivity index (χ2v) is 6.17. The molecule has 2 rings (SSSR count). The number of benzene rings is 2. The fourth-order valence-electron chi connectivity index (χ4n) is 2.46. The van der Waals surface area contributed by atoms with E-state index in [4.69, 9.17) is 0 Å². The van der Waals surface area contributed by atoms with Gasteiger partial charge in [0.05, 0.1) is 0 Å². The van der Waals surface area contributed by atoms with Crippen molar-refractivity contribution in [2.45, 2.75) is 32.2 Å². The van der Waals surface area contributed by atoms with E-state index in [2.05, 4.69) is 52.4 Å². The van der Waals surface area contributed by atoms with Crippen LogP contribution in [0.5, 0.6) is 5.75 Å². The van der Waals surface area contributed by atoms with E-state index < -0.39 is 0 Å². The van der Waals surface area contributed by atoms with Gasteiger partial charge in [-0.15, -0.1) is 0 Å². The number of hydrogen-bond donors (Lipinski definition) is 2. The second kappa shape index (κ2) is 8.20. The maximum Gasteiger partial charge on any atom is 0.115 e. The van der Waals surface area contributed by atoms with Crippen LogP contribution in [-0.4, -0.2) is 17.7 Å². The fraction of sp³-hybridized carbons (Fsp3) is 0.333. The Morgan fingerprint density at radius 2 is 1.90 bits per heavy atom. The van der Waals surface area contributed by atoms with Crippen LogP contribution in [0, 0.1) is 0 Å². The molecule has 2 N–H and O–H groups in total. The van der Waals surface area contributed by atoms with Gasteiger partial charge in [0.25, 0.3) is 0 Å². The van der Waals surface area contributed by atoms with Crippen molar-refractivity contribution in [3.8, 4) is 5.75 Å². The first-order valence-electron chi connectivity index (χ1n) is 7.43. The summed E-state index contributed by atoms with van der Waals surface area (Å²) in [5.74, 6) is 0.336. The molecule has 0 spiro atoms. The molecule has 0 heterocycles. The maximum absolute atomic E-state index is 9.61. The Bertz CT molecular complexity index is 571. The first-order valence-corrected chi connectivity index (χ1v) is 8.23. The molecule has 1 unspecified atom stereocenters. The minimum absolute atomic E-state index is 0.336. The SMILES string of the molecule is CCCNC(Cc1cccc(O)c1)Cc1ccccc1Br. The summed E-state index contributed by atoms with van der Waals surface area (Å²) in [6.45, 7) is 3.19. The third kappa shape index (κ3) is 5.18. The Labute approximate surface area is 135 Å². The molecule has 0 amide bonds. The van der Waals surface area contributed by atoms with Crippen LogP contribution in [-0.2, 0) is 12.8 Å². The van der Waals surface area contributed by atoms with E-state index in [1.54, 1.807) is 6.07 Å². The van der Waals surface area contributed by atoms with Crippen molar-refractivity contribution >= 4 is 15.9 Å². The summed E-state index contributed by atoms with van der Waals surface area (Å²) in [7, 11) is 0. The highest BCUT2D eigenvalue weighted by Gasteiger charge is 2.12. The van der Waals surface area contributed by atoms with Crippen molar-refractivity contribution in [2.75, 3.05) is 6.54 Å². The minimum Gasteiger partial charge on any atom is -0.508 e. The van der Waals surface area contributed by atoms with E-state index in [0.29, 0.717) is 11.8 Å². The summed E-state index contributed by atoms with van der Waals surface area (Å²) in [5, 5.41) is 13.2. The van der Waals surface area contributed by atoms with E-state index >= 15 is 0 Å². The highest BCUT2D eigenvalue weighted by atomic mass is 79.9. The van der Waals surface area contributed by atoms with E-state index in [0.717, 1.165) is 35.8 Å². The summed E-state index contributed by atoms with van der Waals surface area (Å²) in [5.41, 5.74) is 2.47. The lowest BCUT2D eigenvalue weighted by Gasteiger charge is -2.19. The summed E-state index contributed by atoms with van der Waals surface area (Å²) in [6.07, 6.45) is 3.00. The standard InChI is InChI=1S/C18H22BrNO/c1-2-10-20-16(11-14-6-5-8-17(21)12-14)13-15-7-3-4-9-18(15)19/h3-9,12,16,20-21H,2,10-11,13H2,1H3. The molecule has 112 valence electrons. The van der Waals surface area contributed by atoms with Gasteiger partial charge in [-0.2, -0.15) is 0 Å². The van der Waals surface area contributed by atoms with Gasteiger partial charge in [0.15, 0.2) is 0 Å². The quantitative estimate of drug-likeness (QED) is 0.782. The zero-order chi connectivity index (χ0) is 15.1. The molecule has 0 aromatic heterocycles. The molecular formula is C18H22BrNO. The molecule has 21 heavy (non-hydrogen) atoms. The van der Waals surface area contributed by atoms with Gasteiger partial charge in [0, 0.05) is 10.5 Å². The molecule has 2 nitrogen and oxygen atoms in total. The molecule has 2 aromatic carbocycles. The lowest BCUT2D eigenvalue weighted by Crippen LogP contribution is -2.33. The minimum atomic E-state index is 0.336. The maximum atomic E-state index is 9.61. The van der Waals surface area contributed by atoms with E-state index in [1.807, 2.05) is 18.2 Å². The monoisotopic (exact) mass is 347 g/mol. The van der Waals surface area contributed by atoms with Crippen LogP contribution in [0.15, 0.2) is 53.0 Å². The molecule has 0 radical (unpaired) electrons. The predicted octanol–water partition coefficient (Wildman–Crippen LogP) is 4.31. The predicted molar refractivity (Wildman–Crippen MR) is 91.7 cm³/mol. The number of phenols is 1. The molecule has 1 atom stereocenters. The summed E-state index contributed by atoms with van der Waals surface area (Å²) in [6, 6.07) is 16.3. The van der Waals surface area contributed by atoms with Crippen LogP contribution in [0.2, 0.25) is 0 Å². The summed E-state index contributed by atoms with van der Waals surface area (Å²) in [4.78, 5) is 0. The Balaban J connectivity index is 2.09. The number of hydrogen-bond acceptors (Lipinski definition) is 2. The zero-order valence-corrected chi connectivity index (χ0v) is 13.9. The van der Waals surface area contributed by atoms with Crippen molar-refractivity contribution < 1.29 is 5.11 Å². The summed E-state index contributed by atoms with van der Waals surface area (Å²) < 4.78 is 1.16. The highest BCUT2D eigenvalue weighted by molar-refractivity contribution is 9.10. The smallest absolute Gasteiger partial charge is 0.115 e. The number of rotatable bonds is 7. The molecule has 0 aliphatic rings. The van der Waals surface area contributed by atoms with Gasteiger partial charge in [0.2, 0.25) is 0 Å². The third-order valence-electron chi connectivity index (χ3n) is 3.50. The normalized spacial score (nSPS) is 12.3. The average molecular weight is 348 g/mol. The highest BCUT2D eigenvalue weighted by Crippen LogP contribution is 2.20. The molecule has 0 aliphatic carbocycles. The molecule has 0 bridgehead atoms. The number of nitrogens with one attached hydrogen (secondary N) is 1. The van der Waals surface area contributed by atoms with Crippen LogP contribution < -0.4 is 5.32 Å². The van der Waals surface area contributed by atoms with E-state index in [9.17, 15) is 5.11 Å². The molecule has 0 fully saturated rings. The molecular weight excluding hydrogens is 326 g/mol. The van der Waals surface area contributed by atoms with Gasteiger partial charge >= 0.3 is 0 Å². The molecule has 0 aliphatic heterocycles. The Morgan fingerprint density at radius 3 is 2.62 bits per heavy atom. The second-order valence-electron chi connectivity index (χ2n) is 5.32. The number of aromatic hydroxyl groups is 1. The average Bonchev–Trinajstić information content (AvgIpc) is 2.47. The van der Waals surface area contributed by atoms with Gasteiger partial charge in [-0.05, 0) is 55.1 Å². The van der Waals surface area contributed by atoms with Crippen molar-refractivity contribution in [1.82, 2.24) is 5.32 Å². The first-order chi connectivity index (χ1) is 10.2. The van der Waals surface area contributed by atoms with E-state index in [-0.39, 0.29) is 0 Å². The third-order valence-corrected chi connectivity index (χ3v) is 4.27. The molecule has 0 saturated heterocycles. The largest absolute Gasteiger partial charge is 0.508 e. The van der Waals surface area contributed by atoms with Gasteiger partial charge in [0.1, 0.15) is 5.75 Å². The van der Waals surface area contributed by atoms with Crippen LogP contribution >= 0.6 is 15.9 Å². The van der Waals surface area contributed by atoms with Crippen LogP contribution in [0.4, 0.5) is 0 Å². The molecule has 3 heteroatoms. The van der Waals surface area contributed by atoms with Crippen LogP contribution in [0.3, 0.4) is 0 Å². The Kier molecular flexibility index (Phi) is 6.27. The fourth-order valence-corrected chi connectivity index (χ4v) is 2.91. The van der Waals surface area contributed by atoms with E-state index in [1.165, 1.54) is 5.56 Å². The van der Waals surface area contributed by atoms with Crippen LogP contribution in [0.25, 0.3) is 0 Å². The van der Waals surface area contributed by atoms with Gasteiger partial charge in [-0.1, -0.05) is 53.2 Å². The van der Waals surface area contributed by atoms with Crippen molar-refractivity contribution in [1.29, 1.82) is 0 Å². The van der Waals surface area contributed by atoms with Gasteiger partial charge < -0.3 is 10.4 Å². The lowest BCUT2D eigenvalue weighted by molar-refractivity contribution is 0.471. The van der Waals surface area contributed by atoms with Crippen LogP contribution in [0.1, 0.15) is 24.5 Å². The van der Waals surface area contributed by atoms with Crippen molar-refractivity contribution in [3.05, 3.63) is 64.1 Å². The Morgan fingerprint density at radius 1 is 1.10 bits per heavy atom. The zero-order valence-electron chi connectivity index (χ0n) is 12.3. The van der Waals surface area contributed by atoms with Gasteiger partial charge in [-0.3, -0.25) is 0 Å². The van der Waals surface area contributed by atoms with Gasteiger partial charge in [-0.25, -0.2) is 0 Å². The Hall–Kier alpha value is -1.32. The summed E-state index contributed by atoms with van der Waals surface area (Å²) >= 11 is 3.62. The molecule has 2 aromatic rings. The topological polar surface area (TPSA) is 32.3 Å². The number of phenolic OH excluding ortho intramolecular Hbond substituents is 1. The molecule has 0 saturated carbocycles. The van der Waals surface area contributed by atoms with Crippen molar-refractivity contribution in [2.24, 2.45) is 0 Å². The number of halogens is 1.